The average molecular weight is 393 g/mol. The molecule has 9 nitrogen and oxygen atoms in total. The maximum absolute atomic E-state index is 12.5. The van der Waals surface area contributed by atoms with Gasteiger partial charge in [-0.3, -0.25) is 14.4 Å². The van der Waals surface area contributed by atoms with Crippen LogP contribution >= 0.6 is 0 Å². The Bertz CT molecular complexity index is 1230. The highest BCUT2D eigenvalue weighted by atomic mass is 16.5. The number of fused-ring (bicyclic) bond motifs is 2. The van der Waals surface area contributed by atoms with Crippen LogP contribution in [0, 0.1) is 0 Å². The summed E-state index contributed by atoms with van der Waals surface area (Å²) in [6, 6.07) is 11.1. The third kappa shape index (κ3) is 3.45. The van der Waals surface area contributed by atoms with Crippen LogP contribution in [-0.4, -0.2) is 40.7 Å². The Kier molecular flexibility index (Phi) is 4.55. The standard InChI is InChI=1S/C20H15N3O6/c1-23-19(26)13-5-3-2-4-12(13)18(22-23)20(27)29-9-15(24)11-6-7-16-14(8-11)21-17(25)10-28-16/h2-8H,9-10H2,1H3,(H,21,25). The second-order valence-corrected chi connectivity index (χ2v) is 6.37. The number of carbonyl (C=O) groups is 3. The third-order valence-electron chi connectivity index (χ3n) is 4.42. The molecule has 29 heavy (non-hydrogen) atoms. The Balaban J connectivity index is 1.53. The quantitative estimate of drug-likeness (QED) is 0.525. The fourth-order valence-corrected chi connectivity index (χ4v) is 2.99. The van der Waals surface area contributed by atoms with Gasteiger partial charge in [-0.05, 0) is 24.3 Å². The maximum Gasteiger partial charge on any atom is 0.359 e. The molecule has 1 N–H and O–H groups in total. The molecular weight excluding hydrogens is 378 g/mol. The lowest BCUT2D eigenvalue weighted by Crippen LogP contribution is -2.26. The molecule has 0 saturated carbocycles. The van der Waals surface area contributed by atoms with E-state index in [0.29, 0.717) is 22.2 Å². The number of hydrogen-bond acceptors (Lipinski definition) is 7. The van der Waals surface area contributed by atoms with E-state index in [1.54, 1.807) is 30.3 Å². The number of anilines is 1. The average Bonchev–Trinajstić information content (AvgIpc) is 2.73. The Morgan fingerprint density at radius 3 is 2.72 bits per heavy atom. The normalized spacial score (nSPS) is 12.7. The van der Waals surface area contributed by atoms with Gasteiger partial charge in [0.2, 0.25) is 0 Å². The maximum atomic E-state index is 12.5. The van der Waals surface area contributed by atoms with Crippen LogP contribution in [0.3, 0.4) is 0 Å². The first-order chi connectivity index (χ1) is 13.9. The third-order valence-corrected chi connectivity index (χ3v) is 4.42. The molecule has 0 radical (unpaired) electrons. The van der Waals surface area contributed by atoms with Crippen LogP contribution in [0.25, 0.3) is 10.8 Å². The minimum atomic E-state index is -0.820. The lowest BCUT2D eigenvalue weighted by molar-refractivity contribution is -0.118. The first-order valence-electron chi connectivity index (χ1n) is 8.67. The largest absolute Gasteiger partial charge is 0.482 e. The van der Waals surface area contributed by atoms with Crippen molar-refractivity contribution >= 4 is 34.1 Å². The summed E-state index contributed by atoms with van der Waals surface area (Å²) in [5, 5.41) is 7.26. The molecular formula is C20H15N3O6. The lowest BCUT2D eigenvalue weighted by atomic mass is 10.1. The van der Waals surface area contributed by atoms with Crippen LogP contribution in [-0.2, 0) is 16.6 Å². The van der Waals surface area contributed by atoms with E-state index in [9.17, 15) is 19.2 Å². The molecule has 4 rings (SSSR count). The number of hydrogen-bond donors (Lipinski definition) is 1. The second-order valence-electron chi connectivity index (χ2n) is 6.37. The van der Waals surface area contributed by atoms with Gasteiger partial charge >= 0.3 is 5.97 Å². The van der Waals surface area contributed by atoms with E-state index in [1.165, 1.54) is 19.2 Å². The zero-order valence-corrected chi connectivity index (χ0v) is 15.3. The topological polar surface area (TPSA) is 117 Å². The van der Waals surface area contributed by atoms with Gasteiger partial charge in [0, 0.05) is 18.0 Å². The van der Waals surface area contributed by atoms with E-state index in [1.807, 2.05) is 0 Å². The first-order valence-corrected chi connectivity index (χ1v) is 8.67. The smallest absolute Gasteiger partial charge is 0.359 e. The number of Topliss-reactive ketones (excluding diaryl/α,β-unsaturated/α-hetero) is 1. The molecule has 0 fully saturated rings. The van der Waals surface area contributed by atoms with Gasteiger partial charge in [0.1, 0.15) is 5.75 Å². The molecule has 0 atom stereocenters. The van der Waals surface area contributed by atoms with Crippen molar-refractivity contribution in [3.05, 3.63) is 64.1 Å². The zero-order valence-electron chi connectivity index (χ0n) is 15.3. The number of aryl methyl sites for hydroxylation is 1. The van der Waals surface area contributed by atoms with E-state index < -0.39 is 18.4 Å². The predicted octanol–water partition coefficient (Wildman–Crippen LogP) is 1.30. The van der Waals surface area contributed by atoms with Crippen molar-refractivity contribution in [2.24, 2.45) is 7.05 Å². The summed E-state index contributed by atoms with van der Waals surface area (Å²) in [5.41, 5.74) is 0.234. The van der Waals surface area contributed by atoms with Crippen molar-refractivity contribution in [1.82, 2.24) is 9.78 Å². The fraction of sp³-hybridized carbons (Fsp3) is 0.150. The van der Waals surface area contributed by atoms with Crippen molar-refractivity contribution in [3.63, 3.8) is 0 Å². The van der Waals surface area contributed by atoms with Crippen molar-refractivity contribution in [2.45, 2.75) is 0 Å². The zero-order chi connectivity index (χ0) is 20.5. The molecule has 9 heteroatoms. The van der Waals surface area contributed by atoms with E-state index >= 15 is 0 Å². The molecule has 1 aliphatic rings. The number of aromatic nitrogens is 2. The number of nitrogens with one attached hydrogen (secondary N) is 1. The number of carbonyl (C=O) groups excluding carboxylic acids is 3. The molecule has 1 aliphatic heterocycles. The summed E-state index contributed by atoms with van der Waals surface area (Å²) in [7, 11) is 1.43. The monoisotopic (exact) mass is 393 g/mol. The summed E-state index contributed by atoms with van der Waals surface area (Å²) in [6.07, 6.45) is 0. The van der Waals surface area contributed by atoms with E-state index in [0.717, 1.165) is 4.68 Å². The molecule has 0 bridgehead atoms. The summed E-state index contributed by atoms with van der Waals surface area (Å²) >= 11 is 0. The molecule has 0 unspecified atom stereocenters. The summed E-state index contributed by atoms with van der Waals surface area (Å²) in [5.74, 6) is -1.14. The van der Waals surface area contributed by atoms with E-state index in [4.69, 9.17) is 9.47 Å². The van der Waals surface area contributed by atoms with Crippen molar-refractivity contribution in [1.29, 1.82) is 0 Å². The SMILES string of the molecule is Cn1nc(C(=O)OCC(=O)c2ccc3c(c2)NC(=O)CO3)c2ccccc2c1=O. The highest BCUT2D eigenvalue weighted by Crippen LogP contribution is 2.28. The summed E-state index contributed by atoms with van der Waals surface area (Å²) in [4.78, 5) is 48.5. The van der Waals surface area contributed by atoms with Crippen LogP contribution in [0.15, 0.2) is 47.3 Å². The van der Waals surface area contributed by atoms with Crippen molar-refractivity contribution in [3.8, 4) is 5.75 Å². The first kappa shape index (κ1) is 18.4. The number of ketones is 1. The van der Waals surface area contributed by atoms with E-state index in [2.05, 4.69) is 10.4 Å². The minimum Gasteiger partial charge on any atom is -0.482 e. The predicted molar refractivity (Wildman–Crippen MR) is 102 cm³/mol. The van der Waals surface area contributed by atoms with Gasteiger partial charge < -0.3 is 14.8 Å². The molecule has 1 amide bonds. The van der Waals surface area contributed by atoms with Crippen molar-refractivity contribution in [2.75, 3.05) is 18.5 Å². The van der Waals surface area contributed by atoms with Crippen LogP contribution in [0.4, 0.5) is 5.69 Å². The van der Waals surface area contributed by atoms with Crippen LogP contribution in [0.5, 0.6) is 5.75 Å². The van der Waals surface area contributed by atoms with Gasteiger partial charge in [0.25, 0.3) is 11.5 Å². The van der Waals surface area contributed by atoms with Crippen LogP contribution < -0.4 is 15.6 Å². The highest BCUT2D eigenvalue weighted by Gasteiger charge is 2.21. The van der Waals surface area contributed by atoms with Gasteiger partial charge in [0.05, 0.1) is 11.1 Å². The Hall–Kier alpha value is -4.01. The van der Waals surface area contributed by atoms with Crippen molar-refractivity contribution < 1.29 is 23.9 Å². The Labute approximate surface area is 163 Å². The van der Waals surface area contributed by atoms with Gasteiger partial charge in [0.15, 0.2) is 24.7 Å². The number of amides is 1. The highest BCUT2D eigenvalue weighted by molar-refractivity contribution is 6.05. The molecule has 2 heterocycles. The van der Waals surface area contributed by atoms with Gasteiger partial charge in [-0.2, -0.15) is 5.10 Å². The number of rotatable bonds is 4. The number of nitrogens with zero attached hydrogens (tertiary/aromatic N) is 2. The summed E-state index contributed by atoms with van der Waals surface area (Å²) < 4.78 is 11.4. The number of benzene rings is 2. The molecule has 0 saturated heterocycles. The molecule has 3 aromatic rings. The molecule has 1 aromatic heterocycles. The number of esters is 1. The van der Waals surface area contributed by atoms with Crippen LogP contribution in [0.1, 0.15) is 20.8 Å². The van der Waals surface area contributed by atoms with E-state index in [-0.39, 0.29) is 29.3 Å². The van der Waals surface area contributed by atoms with Crippen LogP contribution in [0.2, 0.25) is 0 Å². The Morgan fingerprint density at radius 1 is 1.17 bits per heavy atom. The van der Waals surface area contributed by atoms with Gasteiger partial charge in [-0.15, -0.1) is 0 Å². The Morgan fingerprint density at radius 2 is 1.93 bits per heavy atom. The molecule has 2 aromatic carbocycles. The molecule has 0 aliphatic carbocycles. The minimum absolute atomic E-state index is 0.0541. The van der Waals surface area contributed by atoms with Gasteiger partial charge in [-0.1, -0.05) is 18.2 Å². The van der Waals surface area contributed by atoms with Gasteiger partial charge in [-0.25, -0.2) is 9.48 Å². The molecule has 146 valence electrons. The molecule has 0 spiro atoms. The fourth-order valence-electron chi connectivity index (χ4n) is 2.99. The number of ether oxygens (including phenoxy) is 2. The second kappa shape index (κ2) is 7.19. The lowest BCUT2D eigenvalue weighted by Gasteiger charge is -2.18. The summed E-state index contributed by atoms with van der Waals surface area (Å²) in [6.45, 7) is -0.607.